The summed E-state index contributed by atoms with van der Waals surface area (Å²) in [7, 11) is 0. The Morgan fingerprint density at radius 3 is 2.54 bits per heavy atom. The van der Waals surface area contributed by atoms with Crippen LogP contribution in [0, 0.1) is 29.4 Å². The highest BCUT2D eigenvalue weighted by Gasteiger charge is 2.42. The quantitative estimate of drug-likeness (QED) is 0.623. The first kappa shape index (κ1) is 18.1. The molecule has 3 rings (SSSR count). The van der Waals surface area contributed by atoms with E-state index in [0.29, 0.717) is 24.5 Å². The summed E-state index contributed by atoms with van der Waals surface area (Å²) in [5, 5.41) is 15.3. The third-order valence-electron chi connectivity index (χ3n) is 5.31. The zero-order chi connectivity index (χ0) is 19.1. The van der Waals surface area contributed by atoms with Crippen LogP contribution in [0.25, 0.3) is 0 Å². The van der Waals surface area contributed by atoms with E-state index in [2.05, 4.69) is 31.1 Å². The number of rotatable bonds is 4. The summed E-state index contributed by atoms with van der Waals surface area (Å²) in [6, 6.07) is 10.2. The fourth-order valence-electron chi connectivity index (χ4n) is 3.90. The van der Waals surface area contributed by atoms with Gasteiger partial charge in [0.05, 0.1) is 4.92 Å². The van der Waals surface area contributed by atoms with Crippen LogP contribution in [-0.4, -0.2) is 38.6 Å². The van der Waals surface area contributed by atoms with Gasteiger partial charge in [0.1, 0.15) is 17.9 Å². The van der Waals surface area contributed by atoms with Crippen molar-refractivity contribution in [3.05, 3.63) is 57.4 Å². The Morgan fingerprint density at radius 1 is 1.31 bits per heavy atom. The molecule has 0 radical (unpaired) electrons. The second-order valence-electron chi connectivity index (χ2n) is 7.66. The molecule has 2 aromatic rings. The van der Waals surface area contributed by atoms with Crippen LogP contribution in [0.1, 0.15) is 36.7 Å². The molecular weight excluding hydrogens is 332 g/mol. The SMILES string of the molecule is Cc1nn(CC(=O)N2C[C@@H](c3ccccc3)C(C)(C)C2)c(C)c1[N+](=O)[O-]. The fraction of sp³-hybridized carbons (Fsp3) is 0.474. The summed E-state index contributed by atoms with van der Waals surface area (Å²) in [5.41, 5.74) is 1.94. The maximum atomic E-state index is 12.8. The van der Waals surface area contributed by atoms with Gasteiger partial charge in [0.15, 0.2) is 0 Å². The minimum atomic E-state index is -0.441. The molecule has 7 heteroatoms. The molecule has 1 saturated heterocycles. The van der Waals surface area contributed by atoms with Crippen molar-refractivity contribution in [3.8, 4) is 0 Å². The van der Waals surface area contributed by atoms with Crippen LogP contribution in [0.3, 0.4) is 0 Å². The van der Waals surface area contributed by atoms with E-state index in [1.165, 1.54) is 10.2 Å². The first-order valence-electron chi connectivity index (χ1n) is 8.72. The summed E-state index contributed by atoms with van der Waals surface area (Å²) >= 11 is 0. The molecule has 0 N–H and O–H groups in total. The maximum absolute atomic E-state index is 12.8. The molecule has 7 nitrogen and oxygen atoms in total. The smallest absolute Gasteiger partial charge is 0.312 e. The van der Waals surface area contributed by atoms with Crippen molar-refractivity contribution >= 4 is 11.6 Å². The van der Waals surface area contributed by atoms with Gasteiger partial charge < -0.3 is 4.90 Å². The summed E-state index contributed by atoms with van der Waals surface area (Å²) in [5.74, 6) is 0.208. The molecule has 0 bridgehead atoms. The monoisotopic (exact) mass is 356 g/mol. The zero-order valence-corrected chi connectivity index (χ0v) is 15.6. The molecule has 1 aromatic carbocycles. The van der Waals surface area contributed by atoms with Crippen LogP contribution in [0.4, 0.5) is 5.69 Å². The van der Waals surface area contributed by atoms with E-state index >= 15 is 0 Å². The average molecular weight is 356 g/mol. The molecule has 1 atom stereocenters. The topological polar surface area (TPSA) is 81.3 Å². The van der Waals surface area contributed by atoms with Gasteiger partial charge in [-0.25, -0.2) is 0 Å². The first-order chi connectivity index (χ1) is 12.2. The van der Waals surface area contributed by atoms with Crippen LogP contribution in [0.2, 0.25) is 0 Å². The normalized spacial score (nSPS) is 18.9. The standard InChI is InChI=1S/C19H24N4O3/c1-13-18(23(25)26)14(2)22(20-13)11-17(24)21-10-16(19(3,4)12-21)15-8-6-5-7-9-15/h5-9,16H,10-12H2,1-4H3/t16-/m0/s1. The number of aromatic nitrogens is 2. The van der Waals surface area contributed by atoms with Crippen LogP contribution < -0.4 is 0 Å². The van der Waals surface area contributed by atoms with Crippen LogP contribution in [0.5, 0.6) is 0 Å². The Kier molecular flexibility index (Phi) is 4.56. The van der Waals surface area contributed by atoms with Crippen molar-refractivity contribution in [2.45, 2.75) is 40.2 Å². The van der Waals surface area contributed by atoms with Gasteiger partial charge in [-0.3, -0.25) is 19.6 Å². The van der Waals surface area contributed by atoms with E-state index in [1.807, 2.05) is 23.1 Å². The molecular formula is C19H24N4O3. The number of likely N-dealkylation sites (tertiary alicyclic amines) is 1. The lowest BCUT2D eigenvalue weighted by atomic mass is 9.78. The lowest BCUT2D eigenvalue weighted by Gasteiger charge is -2.25. The molecule has 1 fully saturated rings. The number of hydrogen-bond acceptors (Lipinski definition) is 4. The number of benzene rings is 1. The predicted molar refractivity (Wildman–Crippen MR) is 97.9 cm³/mol. The Bertz CT molecular complexity index is 842. The Balaban J connectivity index is 1.78. The summed E-state index contributed by atoms with van der Waals surface area (Å²) in [6.07, 6.45) is 0. The van der Waals surface area contributed by atoms with Gasteiger partial charge in [0.25, 0.3) is 0 Å². The van der Waals surface area contributed by atoms with Gasteiger partial charge in [-0.2, -0.15) is 5.10 Å². The van der Waals surface area contributed by atoms with Crippen molar-refractivity contribution < 1.29 is 9.72 Å². The lowest BCUT2D eigenvalue weighted by molar-refractivity contribution is -0.386. The third-order valence-corrected chi connectivity index (χ3v) is 5.31. The van der Waals surface area contributed by atoms with Crippen molar-refractivity contribution in [1.82, 2.24) is 14.7 Å². The van der Waals surface area contributed by atoms with Gasteiger partial charge >= 0.3 is 5.69 Å². The van der Waals surface area contributed by atoms with Crippen molar-refractivity contribution in [2.75, 3.05) is 13.1 Å². The van der Waals surface area contributed by atoms with Crippen molar-refractivity contribution in [1.29, 1.82) is 0 Å². The lowest BCUT2D eigenvalue weighted by Crippen LogP contribution is -2.33. The van der Waals surface area contributed by atoms with Gasteiger partial charge in [0, 0.05) is 19.0 Å². The van der Waals surface area contributed by atoms with Gasteiger partial charge in [0.2, 0.25) is 5.91 Å². The summed E-state index contributed by atoms with van der Waals surface area (Å²) in [6.45, 7) is 8.91. The molecule has 0 saturated carbocycles. The largest absolute Gasteiger partial charge is 0.340 e. The Labute approximate surface area is 152 Å². The van der Waals surface area contributed by atoms with E-state index in [-0.39, 0.29) is 29.5 Å². The molecule has 1 aliphatic rings. The van der Waals surface area contributed by atoms with E-state index in [0.717, 1.165) is 0 Å². The molecule has 1 aromatic heterocycles. The third kappa shape index (κ3) is 3.21. The van der Waals surface area contributed by atoms with Gasteiger partial charge in [-0.15, -0.1) is 0 Å². The molecule has 2 heterocycles. The molecule has 1 aliphatic heterocycles. The van der Waals surface area contributed by atoms with Gasteiger partial charge in [-0.05, 0) is 24.8 Å². The minimum Gasteiger partial charge on any atom is -0.340 e. The number of amides is 1. The first-order valence-corrected chi connectivity index (χ1v) is 8.72. The average Bonchev–Trinajstić information content (AvgIpc) is 3.04. The molecule has 0 spiro atoms. The summed E-state index contributed by atoms with van der Waals surface area (Å²) < 4.78 is 1.44. The predicted octanol–water partition coefficient (Wildman–Crippen LogP) is 3.06. The van der Waals surface area contributed by atoms with E-state index in [4.69, 9.17) is 0 Å². The number of aryl methyl sites for hydroxylation is 1. The number of carbonyl (C=O) groups is 1. The maximum Gasteiger partial charge on any atom is 0.312 e. The number of nitro groups is 1. The van der Waals surface area contributed by atoms with Crippen LogP contribution in [-0.2, 0) is 11.3 Å². The van der Waals surface area contributed by atoms with E-state index < -0.39 is 4.92 Å². The molecule has 0 aliphatic carbocycles. The number of hydrogen-bond donors (Lipinski definition) is 0. The molecule has 26 heavy (non-hydrogen) atoms. The minimum absolute atomic E-state index is 0.0123. The summed E-state index contributed by atoms with van der Waals surface area (Å²) in [4.78, 5) is 25.4. The van der Waals surface area contributed by atoms with E-state index in [9.17, 15) is 14.9 Å². The zero-order valence-electron chi connectivity index (χ0n) is 15.6. The highest BCUT2D eigenvalue weighted by Crippen LogP contribution is 2.42. The van der Waals surface area contributed by atoms with Gasteiger partial charge in [-0.1, -0.05) is 44.2 Å². The molecule has 0 unspecified atom stereocenters. The fourth-order valence-corrected chi connectivity index (χ4v) is 3.90. The second-order valence-corrected chi connectivity index (χ2v) is 7.66. The van der Waals surface area contributed by atoms with E-state index in [1.54, 1.807) is 13.8 Å². The number of carbonyl (C=O) groups excluding carboxylic acids is 1. The second kappa shape index (κ2) is 6.55. The molecule has 138 valence electrons. The van der Waals surface area contributed by atoms with Crippen molar-refractivity contribution in [2.24, 2.45) is 5.41 Å². The highest BCUT2D eigenvalue weighted by molar-refractivity contribution is 5.76. The molecule has 1 amide bonds. The Morgan fingerprint density at radius 2 is 1.96 bits per heavy atom. The Hall–Kier alpha value is -2.70. The van der Waals surface area contributed by atoms with Crippen molar-refractivity contribution in [3.63, 3.8) is 0 Å². The van der Waals surface area contributed by atoms with Crippen LogP contribution in [0.15, 0.2) is 30.3 Å². The van der Waals surface area contributed by atoms with Crippen LogP contribution >= 0.6 is 0 Å². The highest BCUT2D eigenvalue weighted by atomic mass is 16.6. The number of nitrogens with zero attached hydrogens (tertiary/aromatic N) is 4.